The van der Waals surface area contributed by atoms with Crippen molar-refractivity contribution in [1.29, 1.82) is 0 Å². The quantitative estimate of drug-likeness (QED) is 0.582. The Morgan fingerprint density at radius 3 is 2.65 bits per heavy atom. The van der Waals surface area contributed by atoms with Crippen molar-refractivity contribution in [3.63, 3.8) is 0 Å². The van der Waals surface area contributed by atoms with Gasteiger partial charge in [0.1, 0.15) is 11.0 Å². The van der Waals surface area contributed by atoms with E-state index in [9.17, 15) is 18.5 Å². The average Bonchev–Trinajstić information content (AvgIpc) is 2.61. The molecule has 3 rings (SSSR count). The van der Waals surface area contributed by atoms with Crippen molar-refractivity contribution >= 4 is 32.8 Å². The summed E-state index contributed by atoms with van der Waals surface area (Å²) in [6.45, 7) is 1.44. The minimum Gasteiger partial charge on any atom is -0.370 e. The number of benzene rings is 2. The molecule has 1 heterocycles. The van der Waals surface area contributed by atoms with Crippen LogP contribution in [0.3, 0.4) is 0 Å². The van der Waals surface area contributed by atoms with Crippen LogP contribution in [0.15, 0.2) is 47.4 Å². The van der Waals surface area contributed by atoms with E-state index in [1.807, 2.05) is 23.1 Å². The molecule has 0 N–H and O–H groups in total. The Morgan fingerprint density at radius 1 is 1.27 bits per heavy atom. The zero-order valence-electron chi connectivity index (χ0n) is 14.0. The molecule has 1 unspecified atom stereocenters. The summed E-state index contributed by atoms with van der Waals surface area (Å²) < 4.78 is 29.7. The van der Waals surface area contributed by atoms with E-state index in [-0.39, 0.29) is 11.0 Å². The SMILES string of the molecule is CS(=O)(=O)c1cc(N2CCOC(c3ccccc3Cl)C2)ccc1[N+](=O)[O-]. The van der Waals surface area contributed by atoms with Gasteiger partial charge in [-0.05, 0) is 18.2 Å². The Bertz CT molecular complexity index is 948. The topological polar surface area (TPSA) is 89.8 Å². The van der Waals surface area contributed by atoms with Gasteiger partial charge in [0.25, 0.3) is 5.69 Å². The lowest BCUT2D eigenvalue weighted by molar-refractivity contribution is -0.387. The minimum absolute atomic E-state index is 0.269. The van der Waals surface area contributed by atoms with Crippen LogP contribution in [0, 0.1) is 10.1 Å². The summed E-state index contributed by atoms with van der Waals surface area (Å²) in [5, 5.41) is 11.7. The molecule has 0 spiro atoms. The molecule has 2 aromatic rings. The van der Waals surface area contributed by atoms with E-state index in [0.717, 1.165) is 11.8 Å². The van der Waals surface area contributed by atoms with Crippen molar-refractivity contribution in [2.75, 3.05) is 30.9 Å². The van der Waals surface area contributed by atoms with Gasteiger partial charge in [0, 0.05) is 41.7 Å². The maximum Gasteiger partial charge on any atom is 0.288 e. The Kier molecular flexibility index (Phi) is 5.17. The van der Waals surface area contributed by atoms with Crippen molar-refractivity contribution in [2.45, 2.75) is 11.0 Å². The van der Waals surface area contributed by atoms with Crippen LogP contribution < -0.4 is 4.90 Å². The predicted molar refractivity (Wildman–Crippen MR) is 98.6 cm³/mol. The van der Waals surface area contributed by atoms with Gasteiger partial charge >= 0.3 is 0 Å². The van der Waals surface area contributed by atoms with E-state index < -0.39 is 20.4 Å². The molecule has 1 aliphatic rings. The summed E-state index contributed by atoms with van der Waals surface area (Å²) in [5.74, 6) is 0. The number of halogens is 1. The number of ether oxygens (including phenoxy) is 1. The first-order valence-corrected chi connectivity index (χ1v) is 10.1. The summed E-state index contributed by atoms with van der Waals surface area (Å²) in [4.78, 5) is 12.1. The highest BCUT2D eigenvalue weighted by molar-refractivity contribution is 7.90. The molecule has 0 aromatic heterocycles. The average molecular weight is 397 g/mol. The minimum atomic E-state index is -3.73. The third-order valence-corrected chi connectivity index (χ3v) is 5.69. The monoisotopic (exact) mass is 396 g/mol. The van der Waals surface area contributed by atoms with Gasteiger partial charge in [-0.15, -0.1) is 0 Å². The van der Waals surface area contributed by atoms with Crippen LogP contribution in [0.4, 0.5) is 11.4 Å². The standard InChI is InChI=1S/C17H17ClN2O5S/c1-26(23,24)17-10-12(6-7-15(17)20(21)22)19-8-9-25-16(11-19)13-4-2-3-5-14(13)18/h2-7,10,16H,8-9,11H2,1H3. The van der Waals surface area contributed by atoms with Crippen LogP contribution in [-0.2, 0) is 14.6 Å². The molecule has 0 bridgehead atoms. The Labute approximate surface area is 156 Å². The zero-order chi connectivity index (χ0) is 18.9. The number of hydrogen-bond acceptors (Lipinski definition) is 6. The van der Waals surface area contributed by atoms with Gasteiger partial charge in [-0.1, -0.05) is 29.8 Å². The fourth-order valence-electron chi connectivity index (χ4n) is 2.96. The first kappa shape index (κ1) is 18.6. The van der Waals surface area contributed by atoms with Crippen molar-refractivity contribution in [3.8, 4) is 0 Å². The molecule has 1 aliphatic heterocycles. The lowest BCUT2D eigenvalue weighted by Gasteiger charge is -2.35. The molecule has 0 radical (unpaired) electrons. The Balaban J connectivity index is 1.94. The highest BCUT2D eigenvalue weighted by Gasteiger charge is 2.27. The maximum atomic E-state index is 12.0. The highest BCUT2D eigenvalue weighted by atomic mass is 35.5. The van der Waals surface area contributed by atoms with Crippen LogP contribution >= 0.6 is 11.6 Å². The molecule has 2 aromatic carbocycles. The molecule has 1 atom stereocenters. The van der Waals surface area contributed by atoms with Gasteiger partial charge in [-0.25, -0.2) is 8.42 Å². The van der Waals surface area contributed by atoms with Gasteiger partial charge < -0.3 is 9.64 Å². The smallest absolute Gasteiger partial charge is 0.288 e. The number of hydrogen-bond donors (Lipinski definition) is 0. The molecule has 0 aliphatic carbocycles. The van der Waals surface area contributed by atoms with Gasteiger partial charge in [0.2, 0.25) is 0 Å². The van der Waals surface area contributed by atoms with Crippen molar-refractivity contribution in [1.82, 2.24) is 0 Å². The number of sulfone groups is 1. The number of morpholine rings is 1. The van der Waals surface area contributed by atoms with Crippen LogP contribution in [0.2, 0.25) is 5.02 Å². The Morgan fingerprint density at radius 2 is 2.00 bits per heavy atom. The van der Waals surface area contributed by atoms with Crippen molar-refractivity contribution in [3.05, 3.63) is 63.2 Å². The fourth-order valence-corrected chi connectivity index (χ4v) is 4.07. The first-order valence-electron chi connectivity index (χ1n) is 7.87. The predicted octanol–water partition coefficient (Wildman–Crippen LogP) is 3.23. The largest absolute Gasteiger partial charge is 0.370 e. The maximum absolute atomic E-state index is 12.0. The molecule has 7 nitrogen and oxygen atoms in total. The van der Waals surface area contributed by atoms with E-state index in [4.69, 9.17) is 16.3 Å². The third-order valence-electron chi connectivity index (χ3n) is 4.22. The van der Waals surface area contributed by atoms with E-state index in [1.165, 1.54) is 12.1 Å². The van der Waals surface area contributed by atoms with Crippen LogP contribution in [0.5, 0.6) is 0 Å². The van der Waals surface area contributed by atoms with Crippen molar-refractivity contribution in [2.24, 2.45) is 0 Å². The van der Waals surface area contributed by atoms with E-state index in [0.29, 0.717) is 30.4 Å². The van der Waals surface area contributed by atoms with Crippen LogP contribution in [-0.4, -0.2) is 39.3 Å². The summed E-state index contributed by atoms with van der Waals surface area (Å²) in [6.07, 6.45) is 0.694. The molecule has 0 saturated carbocycles. The summed E-state index contributed by atoms with van der Waals surface area (Å²) in [5.41, 5.74) is 1.02. The summed E-state index contributed by atoms with van der Waals surface area (Å²) >= 11 is 6.24. The summed E-state index contributed by atoms with van der Waals surface area (Å²) in [7, 11) is -3.73. The molecule has 9 heteroatoms. The lowest BCUT2D eigenvalue weighted by Crippen LogP contribution is -2.38. The van der Waals surface area contributed by atoms with E-state index >= 15 is 0 Å². The summed E-state index contributed by atoms with van der Waals surface area (Å²) in [6, 6.07) is 11.5. The number of rotatable bonds is 4. The second-order valence-corrected chi connectivity index (χ2v) is 8.40. The number of nitro groups is 1. The van der Waals surface area contributed by atoms with Crippen LogP contribution in [0.25, 0.3) is 0 Å². The number of nitrogens with zero attached hydrogens (tertiary/aromatic N) is 2. The first-order chi connectivity index (χ1) is 12.3. The third kappa shape index (κ3) is 3.82. The van der Waals surface area contributed by atoms with E-state index in [2.05, 4.69) is 0 Å². The second-order valence-electron chi connectivity index (χ2n) is 6.01. The highest BCUT2D eigenvalue weighted by Crippen LogP contribution is 2.33. The van der Waals surface area contributed by atoms with E-state index in [1.54, 1.807) is 12.1 Å². The fraction of sp³-hybridized carbons (Fsp3) is 0.294. The second kappa shape index (κ2) is 7.22. The van der Waals surface area contributed by atoms with Gasteiger partial charge in [0.05, 0.1) is 11.5 Å². The molecule has 138 valence electrons. The van der Waals surface area contributed by atoms with Crippen molar-refractivity contribution < 1.29 is 18.1 Å². The van der Waals surface area contributed by atoms with Gasteiger partial charge in [-0.3, -0.25) is 10.1 Å². The van der Waals surface area contributed by atoms with Crippen LogP contribution in [0.1, 0.15) is 11.7 Å². The molecule has 1 fully saturated rings. The lowest BCUT2D eigenvalue weighted by atomic mass is 10.1. The molecule has 26 heavy (non-hydrogen) atoms. The molecule has 0 amide bonds. The zero-order valence-corrected chi connectivity index (χ0v) is 15.5. The number of anilines is 1. The normalized spacial score (nSPS) is 17.9. The van der Waals surface area contributed by atoms with Gasteiger partial charge in [-0.2, -0.15) is 0 Å². The number of nitro benzene ring substituents is 1. The van der Waals surface area contributed by atoms with Gasteiger partial charge in [0.15, 0.2) is 9.84 Å². The molecular weight excluding hydrogens is 380 g/mol. The Hall–Kier alpha value is -2.16. The molecular formula is C17H17ClN2O5S. The molecule has 1 saturated heterocycles.